The largest absolute Gasteiger partial charge is 0.370 e. The molecule has 0 spiro atoms. The number of nitro groups is 1. The van der Waals surface area contributed by atoms with E-state index in [0.717, 1.165) is 17.8 Å². The quantitative estimate of drug-likeness (QED) is 0.474. The van der Waals surface area contributed by atoms with Gasteiger partial charge in [-0.2, -0.15) is 0 Å². The minimum Gasteiger partial charge on any atom is -0.370 e. The summed E-state index contributed by atoms with van der Waals surface area (Å²) in [6.45, 7) is 3.54. The number of aliphatic imine (C=N–C) groups is 1. The predicted molar refractivity (Wildman–Crippen MR) is 99.5 cm³/mol. The molecule has 1 heterocycles. The highest BCUT2D eigenvalue weighted by atomic mass is 16.6. The van der Waals surface area contributed by atoms with Gasteiger partial charge in [-0.3, -0.25) is 19.9 Å². The summed E-state index contributed by atoms with van der Waals surface area (Å²) < 4.78 is 0. The SMILES string of the molecule is Cc1cc(C(=O)NCCCNC2=NCc3ccccc32)ccc1[N+](=O)[O-]. The molecule has 7 heteroatoms. The maximum Gasteiger partial charge on any atom is 0.272 e. The number of nitro benzene ring substituents is 1. The molecule has 0 aromatic heterocycles. The first-order valence-corrected chi connectivity index (χ1v) is 8.46. The Balaban J connectivity index is 1.44. The van der Waals surface area contributed by atoms with Crippen molar-refractivity contribution >= 4 is 17.4 Å². The number of hydrogen-bond donors (Lipinski definition) is 2. The Morgan fingerprint density at radius 1 is 1.23 bits per heavy atom. The van der Waals surface area contributed by atoms with Crippen molar-refractivity contribution < 1.29 is 9.72 Å². The van der Waals surface area contributed by atoms with Crippen molar-refractivity contribution in [1.29, 1.82) is 0 Å². The van der Waals surface area contributed by atoms with Crippen LogP contribution in [0.3, 0.4) is 0 Å². The number of amides is 1. The third kappa shape index (κ3) is 3.88. The van der Waals surface area contributed by atoms with Gasteiger partial charge in [-0.05, 0) is 31.0 Å². The van der Waals surface area contributed by atoms with Crippen LogP contribution in [0.15, 0.2) is 47.5 Å². The number of amidine groups is 1. The summed E-state index contributed by atoms with van der Waals surface area (Å²) in [6, 6.07) is 12.5. The number of hydrogen-bond acceptors (Lipinski definition) is 5. The lowest BCUT2D eigenvalue weighted by atomic mass is 10.1. The van der Waals surface area contributed by atoms with Crippen molar-refractivity contribution in [3.63, 3.8) is 0 Å². The fourth-order valence-corrected chi connectivity index (χ4v) is 2.89. The molecule has 0 aliphatic carbocycles. The monoisotopic (exact) mass is 352 g/mol. The van der Waals surface area contributed by atoms with Crippen LogP contribution in [0.1, 0.15) is 33.5 Å². The fraction of sp³-hybridized carbons (Fsp3) is 0.263. The molecule has 2 N–H and O–H groups in total. The molecule has 0 saturated carbocycles. The summed E-state index contributed by atoms with van der Waals surface area (Å²) in [6.07, 6.45) is 0.749. The number of nitrogens with zero attached hydrogens (tertiary/aromatic N) is 2. The molecule has 26 heavy (non-hydrogen) atoms. The molecule has 1 aliphatic heterocycles. The van der Waals surface area contributed by atoms with Gasteiger partial charge in [-0.15, -0.1) is 0 Å². The van der Waals surface area contributed by atoms with E-state index in [9.17, 15) is 14.9 Å². The van der Waals surface area contributed by atoms with Crippen molar-refractivity contribution in [2.45, 2.75) is 19.9 Å². The molecule has 2 aromatic rings. The topological polar surface area (TPSA) is 96.6 Å². The molecule has 3 rings (SSSR count). The van der Waals surface area contributed by atoms with Crippen molar-refractivity contribution in [3.05, 3.63) is 74.8 Å². The molecule has 1 aliphatic rings. The zero-order chi connectivity index (χ0) is 18.5. The smallest absolute Gasteiger partial charge is 0.272 e. The summed E-state index contributed by atoms with van der Waals surface area (Å²) >= 11 is 0. The normalized spacial score (nSPS) is 12.3. The van der Waals surface area contributed by atoms with Crippen LogP contribution in [0.2, 0.25) is 0 Å². The third-order valence-electron chi connectivity index (χ3n) is 4.27. The average Bonchev–Trinajstić information content (AvgIpc) is 3.04. The van der Waals surface area contributed by atoms with E-state index in [1.807, 2.05) is 18.2 Å². The maximum absolute atomic E-state index is 12.1. The van der Waals surface area contributed by atoms with E-state index < -0.39 is 4.92 Å². The second kappa shape index (κ2) is 7.77. The second-order valence-electron chi connectivity index (χ2n) is 6.12. The molecule has 134 valence electrons. The van der Waals surface area contributed by atoms with E-state index in [0.29, 0.717) is 30.8 Å². The Hall–Kier alpha value is -3.22. The van der Waals surface area contributed by atoms with E-state index in [1.54, 1.807) is 6.92 Å². The minimum absolute atomic E-state index is 0.0170. The minimum atomic E-state index is -0.452. The molecule has 7 nitrogen and oxygen atoms in total. The first-order chi connectivity index (χ1) is 12.6. The Morgan fingerprint density at radius 2 is 2.04 bits per heavy atom. The number of fused-ring (bicyclic) bond motifs is 1. The van der Waals surface area contributed by atoms with E-state index in [-0.39, 0.29) is 11.6 Å². The average molecular weight is 352 g/mol. The van der Waals surface area contributed by atoms with Crippen LogP contribution in [-0.4, -0.2) is 29.8 Å². The second-order valence-corrected chi connectivity index (χ2v) is 6.12. The van der Waals surface area contributed by atoms with E-state index in [2.05, 4.69) is 21.7 Å². The highest BCUT2D eigenvalue weighted by Crippen LogP contribution is 2.19. The van der Waals surface area contributed by atoms with Crippen LogP contribution in [-0.2, 0) is 6.54 Å². The molecule has 0 atom stereocenters. The van der Waals surface area contributed by atoms with Crippen LogP contribution in [0.5, 0.6) is 0 Å². The number of nitrogens with one attached hydrogen (secondary N) is 2. The van der Waals surface area contributed by atoms with Gasteiger partial charge in [0.25, 0.3) is 11.6 Å². The van der Waals surface area contributed by atoms with Crippen molar-refractivity contribution in [3.8, 4) is 0 Å². The van der Waals surface area contributed by atoms with E-state index >= 15 is 0 Å². The van der Waals surface area contributed by atoms with Crippen LogP contribution in [0.25, 0.3) is 0 Å². The first-order valence-electron chi connectivity index (χ1n) is 8.46. The predicted octanol–water partition coefficient (Wildman–Crippen LogP) is 2.57. The lowest BCUT2D eigenvalue weighted by Gasteiger charge is -2.09. The lowest BCUT2D eigenvalue weighted by Crippen LogP contribution is -2.29. The number of carbonyl (C=O) groups excluding carboxylic acids is 1. The van der Waals surface area contributed by atoms with Crippen molar-refractivity contribution in [1.82, 2.24) is 10.6 Å². The summed E-state index contributed by atoms with van der Waals surface area (Å²) in [5, 5.41) is 17.0. The van der Waals surface area contributed by atoms with Crippen molar-refractivity contribution in [2.24, 2.45) is 4.99 Å². The Labute approximate surface area is 151 Å². The van der Waals surface area contributed by atoms with Gasteiger partial charge >= 0.3 is 0 Å². The van der Waals surface area contributed by atoms with E-state index in [1.165, 1.54) is 23.8 Å². The lowest BCUT2D eigenvalue weighted by molar-refractivity contribution is -0.385. The number of benzene rings is 2. The molecule has 0 bridgehead atoms. The van der Waals surface area contributed by atoms with Crippen LogP contribution < -0.4 is 10.6 Å². The van der Waals surface area contributed by atoms with Gasteiger partial charge in [0.1, 0.15) is 5.84 Å². The fourth-order valence-electron chi connectivity index (χ4n) is 2.89. The number of rotatable bonds is 6. The molecule has 0 radical (unpaired) electrons. The highest BCUT2D eigenvalue weighted by Gasteiger charge is 2.15. The summed E-state index contributed by atoms with van der Waals surface area (Å²) in [7, 11) is 0. The zero-order valence-electron chi connectivity index (χ0n) is 14.5. The molecule has 0 saturated heterocycles. The molecule has 0 fully saturated rings. The molecular weight excluding hydrogens is 332 g/mol. The van der Waals surface area contributed by atoms with Gasteiger partial charge in [0.15, 0.2) is 0 Å². The number of carbonyl (C=O) groups is 1. The number of aryl methyl sites for hydroxylation is 1. The van der Waals surface area contributed by atoms with Gasteiger partial charge in [0.05, 0.1) is 11.5 Å². The molecule has 2 aromatic carbocycles. The van der Waals surface area contributed by atoms with Gasteiger partial charge < -0.3 is 10.6 Å². The molecule has 0 unspecified atom stereocenters. The first kappa shape index (κ1) is 17.6. The molecular formula is C19H20N4O3. The van der Waals surface area contributed by atoms with Crippen LogP contribution in [0.4, 0.5) is 5.69 Å². The summed E-state index contributed by atoms with van der Waals surface area (Å²) in [5.74, 6) is 0.671. The van der Waals surface area contributed by atoms with Crippen LogP contribution in [0, 0.1) is 17.0 Å². The summed E-state index contributed by atoms with van der Waals surface area (Å²) in [4.78, 5) is 27.0. The Morgan fingerprint density at radius 3 is 2.81 bits per heavy atom. The van der Waals surface area contributed by atoms with Gasteiger partial charge in [-0.1, -0.05) is 24.3 Å². The van der Waals surface area contributed by atoms with Gasteiger partial charge in [-0.25, -0.2) is 0 Å². The Bertz CT molecular complexity index is 877. The van der Waals surface area contributed by atoms with Crippen LogP contribution >= 0.6 is 0 Å². The third-order valence-corrected chi connectivity index (χ3v) is 4.27. The Kier molecular flexibility index (Phi) is 5.26. The highest BCUT2D eigenvalue weighted by molar-refractivity contribution is 6.01. The van der Waals surface area contributed by atoms with Crippen molar-refractivity contribution in [2.75, 3.05) is 13.1 Å². The van der Waals surface area contributed by atoms with Gasteiger partial charge in [0.2, 0.25) is 0 Å². The molecule has 1 amide bonds. The van der Waals surface area contributed by atoms with Gasteiger partial charge in [0, 0.05) is 35.8 Å². The zero-order valence-corrected chi connectivity index (χ0v) is 14.5. The van der Waals surface area contributed by atoms with E-state index in [4.69, 9.17) is 0 Å². The summed E-state index contributed by atoms with van der Waals surface area (Å²) in [5.41, 5.74) is 3.27. The standard InChI is InChI=1S/C19H20N4O3/c1-13-11-14(7-8-17(13)23(25)26)19(24)21-10-4-9-20-18-16-6-3-2-5-15(16)12-22-18/h2-3,5-8,11H,4,9-10,12H2,1H3,(H,20,22)(H,21,24). The maximum atomic E-state index is 12.1.